The third-order valence-corrected chi connectivity index (χ3v) is 4.80. The predicted molar refractivity (Wildman–Crippen MR) is 87.1 cm³/mol. The van der Waals surface area contributed by atoms with Crippen LogP contribution in [0.2, 0.25) is 0 Å². The molecule has 1 atom stereocenters. The number of hydrogen-bond donors (Lipinski definition) is 1. The van der Waals surface area contributed by atoms with E-state index < -0.39 is 0 Å². The van der Waals surface area contributed by atoms with Gasteiger partial charge in [0, 0.05) is 32.1 Å². The van der Waals surface area contributed by atoms with Gasteiger partial charge in [-0.3, -0.25) is 0 Å². The molecule has 0 fully saturated rings. The lowest BCUT2D eigenvalue weighted by Gasteiger charge is -2.33. The molecule has 0 radical (unpaired) electrons. The molecule has 0 saturated carbocycles. The van der Waals surface area contributed by atoms with Gasteiger partial charge in [-0.05, 0) is 23.6 Å². The number of hydrogen-bond acceptors (Lipinski definition) is 2. The highest BCUT2D eigenvalue weighted by Gasteiger charge is 2.22. The van der Waals surface area contributed by atoms with Gasteiger partial charge in [0.2, 0.25) is 0 Å². The molecule has 2 nitrogen and oxygen atoms in total. The number of nitrogens with one attached hydrogen (secondary N) is 1. The van der Waals surface area contributed by atoms with E-state index in [2.05, 4.69) is 55.3 Å². The lowest BCUT2D eigenvalue weighted by atomic mass is 9.90. The molecule has 1 aliphatic heterocycles. The van der Waals surface area contributed by atoms with Crippen LogP contribution in [0, 0.1) is 5.92 Å². The lowest BCUT2D eigenvalue weighted by Crippen LogP contribution is -2.38. The quantitative estimate of drug-likeness (QED) is 0.817. The summed E-state index contributed by atoms with van der Waals surface area (Å²) in [5.41, 5.74) is 3.05. The Kier molecular flexibility index (Phi) is 6.06. The maximum atomic E-state index is 3.58. The highest BCUT2D eigenvalue weighted by molar-refractivity contribution is 5.32. The Labute approximate surface area is 124 Å². The minimum absolute atomic E-state index is 0.647. The van der Waals surface area contributed by atoms with Gasteiger partial charge in [-0.2, -0.15) is 0 Å². The molecule has 2 rings (SSSR count). The molecule has 1 heterocycles. The van der Waals surface area contributed by atoms with Crippen molar-refractivity contribution in [2.75, 3.05) is 26.2 Å². The second kappa shape index (κ2) is 7.80. The molecular formula is C18H30N2. The zero-order chi connectivity index (χ0) is 14.4. The van der Waals surface area contributed by atoms with E-state index in [0.29, 0.717) is 5.92 Å². The molecule has 0 aliphatic carbocycles. The van der Waals surface area contributed by atoms with Gasteiger partial charge < -0.3 is 10.2 Å². The van der Waals surface area contributed by atoms with Crippen LogP contribution in [-0.4, -0.2) is 31.1 Å². The van der Waals surface area contributed by atoms with Gasteiger partial charge in [0.25, 0.3) is 0 Å². The van der Waals surface area contributed by atoms with Gasteiger partial charge >= 0.3 is 0 Å². The first kappa shape index (κ1) is 15.5. The molecule has 112 valence electrons. The monoisotopic (exact) mass is 274 g/mol. The Hall–Kier alpha value is -0.860. The van der Waals surface area contributed by atoms with Gasteiger partial charge in [0.05, 0.1) is 0 Å². The van der Waals surface area contributed by atoms with Gasteiger partial charge in [-0.1, -0.05) is 57.9 Å². The Morgan fingerprint density at radius 3 is 2.65 bits per heavy atom. The molecule has 1 unspecified atom stereocenters. The molecule has 0 spiro atoms. The largest absolute Gasteiger partial charge is 0.312 e. The van der Waals surface area contributed by atoms with E-state index in [0.717, 1.165) is 25.6 Å². The van der Waals surface area contributed by atoms with Gasteiger partial charge in [0.15, 0.2) is 0 Å². The maximum absolute atomic E-state index is 3.58. The molecule has 0 saturated heterocycles. The van der Waals surface area contributed by atoms with Gasteiger partial charge in [-0.25, -0.2) is 0 Å². The van der Waals surface area contributed by atoms with E-state index in [1.165, 1.54) is 31.5 Å². The second-order valence-electron chi connectivity index (χ2n) is 6.06. The molecular weight excluding hydrogens is 244 g/mol. The standard InChI is InChI=1S/C18H30N2/c1-4-15(5-2)13-20(6-3)14-17-12-19-11-16-9-7-8-10-18(16)17/h7-10,15,17,19H,4-6,11-14H2,1-3H3. The first-order valence-electron chi connectivity index (χ1n) is 8.29. The summed E-state index contributed by atoms with van der Waals surface area (Å²) >= 11 is 0. The van der Waals surface area contributed by atoms with Crippen molar-refractivity contribution in [3.8, 4) is 0 Å². The lowest BCUT2D eigenvalue weighted by molar-refractivity contribution is 0.217. The normalized spacial score (nSPS) is 18.6. The molecule has 1 N–H and O–H groups in total. The van der Waals surface area contributed by atoms with E-state index in [9.17, 15) is 0 Å². The SMILES string of the molecule is CCC(CC)CN(CC)CC1CNCc2ccccc21. The molecule has 1 aromatic carbocycles. The van der Waals surface area contributed by atoms with Crippen LogP contribution in [0.15, 0.2) is 24.3 Å². The highest BCUT2D eigenvalue weighted by atomic mass is 15.1. The summed E-state index contributed by atoms with van der Waals surface area (Å²) in [6.07, 6.45) is 2.60. The number of nitrogens with zero attached hydrogens (tertiary/aromatic N) is 1. The van der Waals surface area contributed by atoms with Crippen molar-refractivity contribution in [3.05, 3.63) is 35.4 Å². The summed E-state index contributed by atoms with van der Waals surface area (Å²) in [7, 11) is 0. The Bertz CT molecular complexity index is 398. The van der Waals surface area contributed by atoms with Crippen LogP contribution in [0.5, 0.6) is 0 Å². The van der Waals surface area contributed by atoms with Crippen LogP contribution in [-0.2, 0) is 6.54 Å². The van der Waals surface area contributed by atoms with Crippen molar-refractivity contribution in [3.63, 3.8) is 0 Å². The summed E-state index contributed by atoms with van der Waals surface area (Å²) in [5.74, 6) is 1.50. The average molecular weight is 274 g/mol. The van der Waals surface area contributed by atoms with Crippen molar-refractivity contribution in [2.24, 2.45) is 5.92 Å². The minimum atomic E-state index is 0.647. The Morgan fingerprint density at radius 1 is 1.20 bits per heavy atom. The second-order valence-corrected chi connectivity index (χ2v) is 6.06. The summed E-state index contributed by atoms with van der Waals surface area (Å²) in [5, 5.41) is 3.58. The fraction of sp³-hybridized carbons (Fsp3) is 0.667. The van der Waals surface area contributed by atoms with Crippen molar-refractivity contribution < 1.29 is 0 Å². The molecule has 0 bridgehead atoms. The van der Waals surface area contributed by atoms with Crippen molar-refractivity contribution in [1.29, 1.82) is 0 Å². The van der Waals surface area contributed by atoms with Crippen LogP contribution in [0.3, 0.4) is 0 Å². The van der Waals surface area contributed by atoms with Crippen molar-refractivity contribution >= 4 is 0 Å². The molecule has 0 amide bonds. The zero-order valence-electron chi connectivity index (χ0n) is 13.4. The minimum Gasteiger partial charge on any atom is -0.312 e. The number of benzene rings is 1. The topological polar surface area (TPSA) is 15.3 Å². The fourth-order valence-electron chi connectivity index (χ4n) is 3.30. The molecule has 1 aromatic rings. The van der Waals surface area contributed by atoms with Crippen LogP contribution in [0.1, 0.15) is 50.7 Å². The molecule has 20 heavy (non-hydrogen) atoms. The van der Waals surface area contributed by atoms with Gasteiger partial charge in [-0.15, -0.1) is 0 Å². The van der Waals surface area contributed by atoms with E-state index in [-0.39, 0.29) is 0 Å². The Morgan fingerprint density at radius 2 is 1.95 bits per heavy atom. The van der Waals surface area contributed by atoms with E-state index in [1.54, 1.807) is 5.56 Å². The Balaban J connectivity index is 2.01. The van der Waals surface area contributed by atoms with Crippen LogP contribution in [0.4, 0.5) is 0 Å². The third-order valence-electron chi connectivity index (χ3n) is 4.80. The van der Waals surface area contributed by atoms with Crippen LogP contribution in [0.25, 0.3) is 0 Å². The third kappa shape index (κ3) is 3.83. The van der Waals surface area contributed by atoms with E-state index >= 15 is 0 Å². The first-order valence-corrected chi connectivity index (χ1v) is 8.29. The summed E-state index contributed by atoms with van der Waals surface area (Å²) in [4.78, 5) is 2.64. The molecule has 1 aliphatic rings. The van der Waals surface area contributed by atoms with Crippen LogP contribution >= 0.6 is 0 Å². The zero-order valence-corrected chi connectivity index (χ0v) is 13.4. The number of fused-ring (bicyclic) bond motifs is 1. The summed E-state index contributed by atoms with van der Waals surface area (Å²) in [6.45, 7) is 12.7. The highest BCUT2D eigenvalue weighted by Crippen LogP contribution is 2.25. The fourth-order valence-corrected chi connectivity index (χ4v) is 3.30. The predicted octanol–water partition coefficient (Wildman–Crippen LogP) is 3.63. The average Bonchev–Trinajstić information content (AvgIpc) is 2.51. The summed E-state index contributed by atoms with van der Waals surface area (Å²) in [6, 6.07) is 8.94. The molecule has 0 aromatic heterocycles. The van der Waals surface area contributed by atoms with Crippen LogP contribution < -0.4 is 5.32 Å². The number of likely N-dealkylation sites (N-methyl/N-ethyl adjacent to an activating group) is 1. The number of rotatable bonds is 7. The van der Waals surface area contributed by atoms with Crippen molar-refractivity contribution in [1.82, 2.24) is 10.2 Å². The first-order chi connectivity index (χ1) is 9.78. The van der Waals surface area contributed by atoms with E-state index in [1.807, 2.05) is 0 Å². The maximum Gasteiger partial charge on any atom is 0.0208 e. The summed E-state index contributed by atoms with van der Waals surface area (Å²) < 4.78 is 0. The van der Waals surface area contributed by atoms with E-state index in [4.69, 9.17) is 0 Å². The van der Waals surface area contributed by atoms with Crippen molar-refractivity contribution in [2.45, 2.75) is 46.1 Å². The molecule has 2 heteroatoms. The van der Waals surface area contributed by atoms with Gasteiger partial charge in [0.1, 0.15) is 0 Å². The smallest absolute Gasteiger partial charge is 0.0208 e.